The molecule has 1 atom stereocenters. The van der Waals surface area contributed by atoms with Gasteiger partial charge in [-0.1, -0.05) is 35.9 Å². The molecule has 2 aromatic rings. The number of halogens is 1. The van der Waals surface area contributed by atoms with Crippen LogP contribution in [0.1, 0.15) is 25.0 Å². The molecule has 4 nitrogen and oxygen atoms in total. The van der Waals surface area contributed by atoms with Crippen LogP contribution in [0.2, 0.25) is 5.02 Å². The summed E-state index contributed by atoms with van der Waals surface area (Å²) in [5.41, 5.74) is 2.01. The van der Waals surface area contributed by atoms with Gasteiger partial charge in [0.1, 0.15) is 6.61 Å². The number of ether oxygens (including phenoxy) is 2. The van der Waals surface area contributed by atoms with Gasteiger partial charge in [-0.15, -0.1) is 0 Å². The van der Waals surface area contributed by atoms with Gasteiger partial charge in [-0.2, -0.15) is 0 Å². The molecule has 2 aromatic carbocycles. The van der Waals surface area contributed by atoms with Crippen LogP contribution in [0.25, 0.3) is 0 Å². The van der Waals surface area contributed by atoms with E-state index in [-0.39, 0.29) is 6.10 Å². The smallest absolute Gasteiger partial charge is 0.161 e. The van der Waals surface area contributed by atoms with Crippen LogP contribution in [0.3, 0.4) is 0 Å². The molecule has 1 unspecified atom stereocenters. The molecule has 0 heterocycles. The van der Waals surface area contributed by atoms with E-state index in [1.165, 1.54) is 0 Å². The summed E-state index contributed by atoms with van der Waals surface area (Å²) in [5, 5.41) is 13.2. The van der Waals surface area contributed by atoms with Gasteiger partial charge in [-0.05, 0) is 37.6 Å². The van der Waals surface area contributed by atoms with E-state index in [0.29, 0.717) is 42.8 Å². The molecule has 0 aromatic heterocycles. The number of aliphatic hydroxyl groups is 1. The van der Waals surface area contributed by atoms with Crippen LogP contribution in [0.5, 0.6) is 11.5 Å². The Labute approximate surface area is 148 Å². The molecule has 0 saturated heterocycles. The fraction of sp³-hybridized carbons (Fsp3) is 0.368. The number of aliphatic hydroxyl groups excluding tert-OH is 1. The van der Waals surface area contributed by atoms with Crippen LogP contribution < -0.4 is 14.8 Å². The monoisotopic (exact) mass is 349 g/mol. The maximum Gasteiger partial charge on any atom is 0.161 e. The second-order valence-electron chi connectivity index (χ2n) is 5.57. The highest BCUT2D eigenvalue weighted by Gasteiger charge is 2.08. The van der Waals surface area contributed by atoms with E-state index in [2.05, 4.69) is 5.32 Å². The molecule has 0 saturated carbocycles. The first-order valence-corrected chi connectivity index (χ1v) is 8.48. The first-order chi connectivity index (χ1) is 11.6. The van der Waals surface area contributed by atoms with Crippen molar-refractivity contribution in [3.8, 4) is 11.5 Å². The minimum atomic E-state index is -0.366. The Morgan fingerprint density at radius 3 is 2.62 bits per heavy atom. The zero-order valence-electron chi connectivity index (χ0n) is 14.1. The lowest BCUT2D eigenvalue weighted by molar-refractivity contribution is 0.191. The Hall–Kier alpha value is -1.75. The zero-order valence-corrected chi connectivity index (χ0v) is 14.8. The molecule has 5 heteroatoms. The minimum Gasteiger partial charge on any atom is -0.490 e. The van der Waals surface area contributed by atoms with E-state index in [0.717, 1.165) is 11.1 Å². The summed E-state index contributed by atoms with van der Waals surface area (Å²) in [4.78, 5) is 0. The molecule has 2 N–H and O–H groups in total. The fourth-order valence-electron chi connectivity index (χ4n) is 2.25. The third kappa shape index (κ3) is 5.71. The second-order valence-corrected chi connectivity index (χ2v) is 5.98. The number of rotatable bonds is 9. The van der Waals surface area contributed by atoms with Crippen LogP contribution in [0.4, 0.5) is 0 Å². The van der Waals surface area contributed by atoms with Crippen molar-refractivity contribution in [1.82, 2.24) is 5.32 Å². The largest absolute Gasteiger partial charge is 0.490 e. The van der Waals surface area contributed by atoms with E-state index in [1.807, 2.05) is 49.4 Å². The van der Waals surface area contributed by atoms with Gasteiger partial charge in [-0.3, -0.25) is 0 Å². The van der Waals surface area contributed by atoms with Gasteiger partial charge in [-0.25, -0.2) is 0 Å². The van der Waals surface area contributed by atoms with Crippen LogP contribution in [0.15, 0.2) is 42.5 Å². The quantitative estimate of drug-likeness (QED) is 0.723. The Kier molecular flexibility index (Phi) is 7.37. The minimum absolute atomic E-state index is 0.366. The molecule has 130 valence electrons. The average molecular weight is 350 g/mol. The lowest BCUT2D eigenvalue weighted by atomic mass is 10.2. The number of benzene rings is 2. The first-order valence-electron chi connectivity index (χ1n) is 8.11. The molecule has 0 radical (unpaired) electrons. The SMILES string of the molecule is CCOc1cc(CNCC(C)O)ccc1OCc1ccccc1Cl. The zero-order chi connectivity index (χ0) is 17.4. The van der Waals surface area contributed by atoms with Gasteiger partial charge < -0.3 is 19.9 Å². The summed E-state index contributed by atoms with van der Waals surface area (Å²) >= 11 is 6.16. The van der Waals surface area contributed by atoms with Crippen LogP contribution in [-0.4, -0.2) is 24.4 Å². The summed E-state index contributed by atoms with van der Waals surface area (Å²) < 4.78 is 11.6. The van der Waals surface area contributed by atoms with E-state index >= 15 is 0 Å². The summed E-state index contributed by atoms with van der Waals surface area (Å²) in [5.74, 6) is 1.40. The van der Waals surface area contributed by atoms with Gasteiger partial charge >= 0.3 is 0 Å². The van der Waals surface area contributed by atoms with Crippen molar-refractivity contribution < 1.29 is 14.6 Å². The molecule has 2 rings (SSSR count). The number of hydrogen-bond donors (Lipinski definition) is 2. The highest BCUT2D eigenvalue weighted by atomic mass is 35.5. The predicted octanol–water partition coefficient (Wildman–Crippen LogP) is 3.79. The molecule has 24 heavy (non-hydrogen) atoms. The van der Waals surface area contributed by atoms with Crippen molar-refractivity contribution in [3.05, 3.63) is 58.6 Å². The Morgan fingerprint density at radius 1 is 1.12 bits per heavy atom. The molecule has 0 spiro atoms. The molecular formula is C19H24ClNO3. The first kappa shape index (κ1) is 18.6. The fourth-order valence-corrected chi connectivity index (χ4v) is 2.44. The highest BCUT2D eigenvalue weighted by Crippen LogP contribution is 2.30. The summed E-state index contributed by atoms with van der Waals surface area (Å²) in [6.45, 7) is 5.86. The van der Waals surface area contributed by atoms with Gasteiger partial charge in [0.2, 0.25) is 0 Å². The van der Waals surface area contributed by atoms with Crippen molar-refractivity contribution in [3.63, 3.8) is 0 Å². The van der Waals surface area contributed by atoms with E-state index < -0.39 is 0 Å². The van der Waals surface area contributed by atoms with Crippen molar-refractivity contribution in [2.45, 2.75) is 33.1 Å². The second kappa shape index (κ2) is 9.52. The third-order valence-corrected chi connectivity index (χ3v) is 3.79. The molecule has 0 amide bonds. The Morgan fingerprint density at radius 2 is 1.92 bits per heavy atom. The Bertz CT molecular complexity index is 646. The maximum atomic E-state index is 9.30. The van der Waals surface area contributed by atoms with Crippen LogP contribution in [-0.2, 0) is 13.2 Å². The molecule has 0 aliphatic heterocycles. The molecule has 0 bridgehead atoms. The predicted molar refractivity (Wildman–Crippen MR) is 96.8 cm³/mol. The molecule has 0 aliphatic carbocycles. The number of hydrogen-bond acceptors (Lipinski definition) is 4. The van der Waals surface area contributed by atoms with Gasteiger partial charge in [0.25, 0.3) is 0 Å². The lowest BCUT2D eigenvalue weighted by Gasteiger charge is -2.14. The molecular weight excluding hydrogens is 326 g/mol. The van der Waals surface area contributed by atoms with Crippen molar-refractivity contribution >= 4 is 11.6 Å². The van der Waals surface area contributed by atoms with Gasteiger partial charge in [0.05, 0.1) is 12.7 Å². The topological polar surface area (TPSA) is 50.7 Å². The summed E-state index contributed by atoms with van der Waals surface area (Å²) in [7, 11) is 0. The molecule has 0 aliphatic rings. The van der Waals surface area contributed by atoms with Crippen LogP contribution >= 0.6 is 11.6 Å². The maximum absolute atomic E-state index is 9.30. The van der Waals surface area contributed by atoms with Crippen molar-refractivity contribution in [1.29, 1.82) is 0 Å². The van der Waals surface area contributed by atoms with E-state index in [1.54, 1.807) is 6.92 Å². The highest BCUT2D eigenvalue weighted by molar-refractivity contribution is 6.31. The summed E-state index contributed by atoms with van der Waals surface area (Å²) in [6.07, 6.45) is -0.366. The van der Waals surface area contributed by atoms with Crippen molar-refractivity contribution in [2.75, 3.05) is 13.2 Å². The normalized spacial score (nSPS) is 12.0. The Balaban J connectivity index is 2.04. The lowest BCUT2D eigenvalue weighted by Crippen LogP contribution is -2.23. The van der Waals surface area contributed by atoms with Gasteiger partial charge in [0, 0.05) is 23.7 Å². The third-order valence-electron chi connectivity index (χ3n) is 3.42. The number of nitrogens with one attached hydrogen (secondary N) is 1. The summed E-state index contributed by atoms with van der Waals surface area (Å²) in [6, 6.07) is 13.5. The average Bonchev–Trinajstić information content (AvgIpc) is 2.55. The van der Waals surface area contributed by atoms with E-state index in [9.17, 15) is 5.11 Å². The standard InChI is InChI=1S/C19H24ClNO3/c1-3-23-19-10-15(12-21-11-14(2)22)8-9-18(19)24-13-16-6-4-5-7-17(16)20/h4-10,14,21-22H,3,11-13H2,1-2H3. The van der Waals surface area contributed by atoms with E-state index in [4.69, 9.17) is 21.1 Å². The van der Waals surface area contributed by atoms with Crippen molar-refractivity contribution in [2.24, 2.45) is 0 Å². The van der Waals surface area contributed by atoms with Crippen LogP contribution in [0, 0.1) is 0 Å². The molecule has 0 fully saturated rings. The van der Waals surface area contributed by atoms with Gasteiger partial charge in [0.15, 0.2) is 11.5 Å².